The van der Waals surface area contributed by atoms with Crippen molar-refractivity contribution in [2.24, 2.45) is 0 Å². The number of amides is 1. The number of benzene rings is 1. The number of carbonyl (C=O) groups excluding carboxylic acids is 1. The molecule has 7 nitrogen and oxygen atoms in total. The molecule has 0 bridgehead atoms. The fourth-order valence-corrected chi connectivity index (χ4v) is 1.69. The van der Waals surface area contributed by atoms with E-state index in [1.165, 1.54) is 7.11 Å². The first-order valence-corrected chi connectivity index (χ1v) is 6.64. The molecule has 1 atom stereocenters. The van der Waals surface area contributed by atoms with Gasteiger partial charge in [-0.25, -0.2) is 4.79 Å². The maximum atomic E-state index is 11.6. The second kappa shape index (κ2) is 9.50. The summed E-state index contributed by atoms with van der Waals surface area (Å²) in [5.74, 6) is -1.63. The number of carboxylic acids is 1. The molecule has 22 heavy (non-hydrogen) atoms. The van der Waals surface area contributed by atoms with Gasteiger partial charge in [0.2, 0.25) is 5.91 Å². The molecule has 0 spiro atoms. The molecule has 0 aliphatic rings. The van der Waals surface area contributed by atoms with E-state index in [4.69, 9.17) is 19.8 Å². The van der Waals surface area contributed by atoms with Crippen molar-refractivity contribution in [2.45, 2.75) is 12.5 Å². The van der Waals surface area contributed by atoms with Crippen LogP contribution in [0.2, 0.25) is 0 Å². The van der Waals surface area contributed by atoms with Crippen molar-refractivity contribution in [1.29, 1.82) is 5.26 Å². The lowest BCUT2D eigenvalue weighted by Crippen LogP contribution is -2.44. The summed E-state index contributed by atoms with van der Waals surface area (Å²) >= 11 is 0. The summed E-state index contributed by atoms with van der Waals surface area (Å²) in [4.78, 5) is 22.8. The third-order valence-electron chi connectivity index (χ3n) is 2.82. The Labute approximate surface area is 128 Å². The average molecular weight is 306 g/mol. The highest BCUT2D eigenvalue weighted by Gasteiger charge is 2.20. The number of aliphatic carboxylic acids is 1. The minimum absolute atomic E-state index is 0.130. The van der Waals surface area contributed by atoms with E-state index in [0.717, 1.165) is 0 Å². The van der Waals surface area contributed by atoms with E-state index in [1.807, 2.05) is 6.07 Å². The molecule has 1 aromatic rings. The van der Waals surface area contributed by atoms with E-state index in [2.05, 4.69) is 5.32 Å². The third-order valence-corrected chi connectivity index (χ3v) is 2.82. The van der Waals surface area contributed by atoms with Crippen molar-refractivity contribution < 1.29 is 24.2 Å². The highest BCUT2D eigenvalue weighted by Crippen LogP contribution is 2.06. The molecule has 1 rings (SSSR count). The molecular weight excluding hydrogens is 288 g/mol. The molecule has 0 heterocycles. The first kappa shape index (κ1) is 17.6. The van der Waals surface area contributed by atoms with Crippen molar-refractivity contribution in [1.82, 2.24) is 5.32 Å². The largest absolute Gasteiger partial charge is 0.480 e. The number of hydrogen-bond acceptors (Lipinski definition) is 5. The maximum Gasteiger partial charge on any atom is 0.326 e. The molecule has 1 amide bonds. The van der Waals surface area contributed by atoms with Crippen LogP contribution in [0.1, 0.15) is 11.1 Å². The Morgan fingerprint density at radius 3 is 2.55 bits per heavy atom. The monoisotopic (exact) mass is 306 g/mol. The summed E-state index contributed by atoms with van der Waals surface area (Å²) in [5.41, 5.74) is 1.21. The Morgan fingerprint density at radius 1 is 1.32 bits per heavy atom. The highest BCUT2D eigenvalue weighted by atomic mass is 16.5. The van der Waals surface area contributed by atoms with Gasteiger partial charge in [0.05, 0.1) is 24.8 Å². The van der Waals surface area contributed by atoms with Gasteiger partial charge in [0.15, 0.2) is 0 Å². The lowest BCUT2D eigenvalue weighted by atomic mass is 10.0. The van der Waals surface area contributed by atoms with Crippen molar-refractivity contribution in [2.75, 3.05) is 26.9 Å². The lowest BCUT2D eigenvalue weighted by Gasteiger charge is -2.14. The van der Waals surface area contributed by atoms with Crippen LogP contribution < -0.4 is 5.32 Å². The molecule has 0 fully saturated rings. The van der Waals surface area contributed by atoms with Gasteiger partial charge in [-0.1, -0.05) is 12.1 Å². The van der Waals surface area contributed by atoms with E-state index in [9.17, 15) is 9.59 Å². The molecular formula is C15H18N2O5. The van der Waals surface area contributed by atoms with Crippen LogP contribution in [-0.4, -0.2) is 50.0 Å². The number of carbonyl (C=O) groups is 2. The predicted molar refractivity (Wildman–Crippen MR) is 77.1 cm³/mol. The fraction of sp³-hybridized carbons (Fsp3) is 0.400. The van der Waals surface area contributed by atoms with Crippen molar-refractivity contribution in [3.63, 3.8) is 0 Å². The molecule has 7 heteroatoms. The van der Waals surface area contributed by atoms with Crippen LogP contribution in [0, 0.1) is 11.3 Å². The number of carboxylic acid groups (broad SMARTS) is 1. The van der Waals surface area contributed by atoms with Gasteiger partial charge >= 0.3 is 5.97 Å². The zero-order valence-electron chi connectivity index (χ0n) is 12.2. The van der Waals surface area contributed by atoms with Crippen LogP contribution in [-0.2, 0) is 25.5 Å². The van der Waals surface area contributed by atoms with Gasteiger partial charge in [-0.15, -0.1) is 0 Å². The zero-order valence-corrected chi connectivity index (χ0v) is 12.2. The van der Waals surface area contributed by atoms with E-state index in [-0.39, 0.29) is 19.6 Å². The van der Waals surface area contributed by atoms with Gasteiger partial charge in [0.25, 0.3) is 0 Å². The summed E-state index contributed by atoms with van der Waals surface area (Å²) in [7, 11) is 1.52. The minimum Gasteiger partial charge on any atom is -0.480 e. The Bertz CT molecular complexity index is 536. The molecule has 0 saturated heterocycles. The molecule has 0 aliphatic heterocycles. The van der Waals surface area contributed by atoms with Gasteiger partial charge in [-0.2, -0.15) is 5.26 Å². The summed E-state index contributed by atoms with van der Waals surface area (Å²) < 4.78 is 9.80. The quantitative estimate of drug-likeness (QED) is 0.637. The van der Waals surface area contributed by atoms with Crippen LogP contribution in [0.25, 0.3) is 0 Å². The van der Waals surface area contributed by atoms with Gasteiger partial charge in [0, 0.05) is 13.5 Å². The predicted octanol–water partition coefficient (Wildman–Crippen LogP) is 0.333. The number of nitriles is 1. The molecule has 118 valence electrons. The number of ether oxygens (including phenoxy) is 2. The van der Waals surface area contributed by atoms with Crippen LogP contribution in [0.5, 0.6) is 0 Å². The minimum atomic E-state index is -1.13. The highest BCUT2D eigenvalue weighted by molar-refractivity contribution is 5.84. The topological polar surface area (TPSA) is 109 Å². The van der Waals surface area contributed by atoms with Crippen LogP contribution in [0.3, 0.4) is 0 Å². The molecule has 0 radical (unpaired) electrons. The standard InChI is InChI=1S/C15H18N2O5/c1-21-6-7-22-10-14(18)17-13(15(19)20)8-11-2-4-12(9-16)5-3-11/h2-5,13H,6-8,10H2,1H3,(H,17,18)(H,19,20)/t13-/m1/s1. The molecule has 0 aliphatic carbocycles. The van der Waals surface area contributed by atoms with Crippen molar-refractivity contribution >= 4 is 11.9 Å². The Morgan fingerprint density at radius 2 is 2.00 bits per heavy atom. The summed E-state index contributed by atoms with van der Waals surface area (Å²) in [6.45, 7) is 0.401. The normalized spacial score (nSPS) is 11.5. The van der Waals surface area contributed by atoms with E-state index >= 15 is 0 Å². The van der Waals surface area contributed by atoms with Gasteiger partial charge in [-0.05, 0) is 17.7 Å². The number of methoxy groups -OCH3 is 1. The van der Waals surface area contributed by atoms with Crippen molar-refractivity contribution in [3.8, 4) is 6.07 Å². The molecule has 1 aromatic carbocycles. The summed E-state index contributed by atoms with van der Waals surface area (Å²) in [5, 5.41) is 20.3. The second-order valence-electron chi connectivity index (χ2n) is 4.52. The second-order valence-corrected chi connectivity index (χ2v) is 4.52. The first-order chi connectivity index (χ1) is 10.6. The Balaban J connectivity index is 2.52. The van der Waals surface area contributed by atoms with E-state index in [0.29, 0.717) is 17.7 Å². The molecule has 0 unspecified atom stereocenters. The maximum absolute atomic E-state index is 11.6. The van der Waals surface area contributed by atoms with Crippen LogP contribution >= 0.6 is 0 Å². The van der Waals surface area contributed by atoms with Crippen molar-refractivity contribution in [3.05, 3.63) is 35.4 Å². The van der Waals surface area contributed by atoms with E-state index in [1.54, 1.807) is 24.3 Å². The fourth-order valence-electron chi connectivity index (χ4n) is 1.69. The first-order valence-electron chi connectivity index (χ1n) is 6.64. The molecule has 2 N–H and O–H groups in total. The van der Waals surface area contributed by atoms with E-state index < -0.39 is 17.9 Å². The van der Waals surface area contributed by atoms with Crippen LogP contribution in [0.4, 0.5) is 0 Å². The molecule has 0 aromatic heterocycles. The Kier molecular flexibility index (Phi) is 7.61. The van der Waals surface area contributed by atoms with Gasteiger partial charge < -0.3 is 19.9 Å². The number of hydrogen-bond donors (Lipinski definition) is 2. The Hall–Kier alpha value is -2.43. The number of nitrogens with zero attached hydrogens (tertiary/aromatic N) is 1. The zero-order chi connectivity index (χ0) is 16.4. The number of nitrogens with one attached hydrogen (secondary N) is 1. The van der Waals surface area contributed by atoms with Crippen LogP contribution in [0.15, 0.2) is 24.3 Å². The average Bonchev–Trinajstić information content (AvgIpc) is 2.51. The lowest BCUT2D eigenvalue weighted by molar-refractivity contribution is -0.142. The summed E-state index contributed by atoms with van der Waals surface area (Å²) in [6, 6.07) is 7.46. The SMILES string of the molecule is COCCOCC(=O)N[C@H](Cc1ccc(C#N)cc1)C(=O)O. The third kappa shape index (κ3) is 6.35. The number of rotatable bonds is 9. The molecule has 0 saturated carbocycles. The smallest absolute Gasteiger partial charge is 0.326 e. The summed E-state index contributed by atoms with van der Waals surface area (Å²) in [6.07, 6.45) is 0.130. The van der Waals surface area contributed by atoms with Gasteiger partial charge in [-0.3, -0.25) is 4.79 Å². The van der Waals surface area contributed by atoms with Gasteiger partial charge in [0.1, 0.15) is 12.6 Å².